The van der Waals surface area contributed by atoms with Gasteiger partial charge in [-0.2, -0.15) is 0 Å². The smallest absolute Gasteiger partial charge is 0.193 e. The quantitative estimate of drug-likeness (QED) is 0.374. The molecule has 114 valence electrons. The first-order valence-electron chi connectivity index (χ1n) is 6.89. The minimum atomic E-state index is 0. The number of halogens is 2. The van der Waals surface area contributed by atoms with Crippen molar-refractivity contribution in [1.82, 2.24) is 10.2 Å². The molecule has 1 aromatic heterocycles. The van der Waals surface area contributed by atoms with Crippen molar-refractivity contribution in [2.24, 2.45) is 10.9 Å². The molecule has 0 saturated carbocycles. The Morgan fingerprint density at radius 3 is 2.70 bits per heavy atom. The maximum Gasteiger partial charge on any atom is 0.193 e. The van der Waals surface area contributed by atoms with E-state index in [1.165, 1.54) is 20.6 Å². The number of hydrogen-bond donors (Lipinski definition) is 1. The van der Waals surface area contributed by atoms with Gasteiger partial charge in [-0.25, -0.2) is 0 Å². The van der Waals surface area contributed by atoms with Crippen LogP contribution in [0.2, 0.25) is 0 Å². The van der Waals surface area contributed by atoms with Gasteiger partial charge in [-0.15, -0.1) is 35.3 Å². The zero-order valence-electron chi connectivity index (χ0n) is 12.1. The van der Waals surface area contributed by atoms with Gasteiger partial charge in [-0.3, -0.25) is 4.99 Å². The third kappa shape index (κ3) is 5.67. The van der Waals surface area contributed by atoms with Gasteiger partial charge >= 0.3 is 0 Å². The molecule has 0 aliphatic carbocycles. The monoisotopic (exact) mass is 519 g/mol. The summed E-state index contributed by atoms with van der Waals surface area (Å²) in [7, 11) is 1.88. The van der Waals surface area contributed by atoms with Gasteiger partial charge in [0.15, 0.2) is 5.96 Å². The van der Waals surface area contributed by atoms with Crippen LogP contribution in [0.15, 0.2) is 17.1 Å². The van der Waals surface area contributed by atoms with Crippen molar-refractivity contribution in [1.29, 1.82) is 0 Å². The van der Waals surface area contributed by atoms with Crippen molar-refractivity contribution in [2.45, 2.75) is 26.2 Å². The Kier molecular flexibility index (Phi) is 8.73. The first-order valence-corrected chi connectivity index (χ1v) is 8.78. The second-order valence-electron chi connectivity index (χ2n) is 5.10. The summed E-state index contributed by atoms with van der Waals surface area (Å²) in [4.78, 5) is 8.24. The zero-order chi connectivity index (χ0) is 13.7. The summed E-state index contributed by atoms with van der Waals surface area (Å²) in [5.74, 6) is 1.93. The van der Waals surface area contributed by atoms with E-state index in [2.05, 4.69) is 56.9 Å². The number of hydrogen-bond acceptors (Lipinski definition) is 2. The summed E-state index contributed by atoms with van der Waals surface area (Å²) in [5.41, 5.74) is 0. The van der Waals surface area contributed by atoms with Crippen molar-refractivity contribution in [3.05, 3.63) is 19.9 Å². The van der Waals surface area contributed by atoms with E-state index in [-0.39, 0.29) is 24.0 Å². The predicted octanol–water partition coefficient (Wildman–Crippen LogP) is 3.82. The molecule has 1 N–H and O–H groups in total. The van der Waals surface area contributed by atoms with Crippen molar-refractivity contribution in [3.8, 4) is 0 Å². The van der Waals surface area contributed by atoms with Crippen LogP contribution in [-0.4, -0.2) is 37.5 Å². The maximum absolute atomic E-state index is 4.41. The molecule has 2 rings (SSSR count). The molecule has 1 aromatic rings. The maximum atomic E-state index is 4.41. The second-order valence-corrected chi connectivity index (χ2v) is 8.16. The molecule has 1 fully saturated rings. The number of nitrogens with zero attached hydrogens (tertiary/aromatic N) is 2. The SMILES string of the molecule is CN=C(NCCc1ccc(I)s1)N1CCC(C)CC1.I. The summed E-state index contributed by atoms with van der Waals surface area (Å²) >= 11 is 4.25. The molecule has 0 spiro atoms. The lowest BCUT2D eigenvalue weighted by Gasteiger charge is -2.32. The fourth-order valence-electron chi connectivity index (χ4n) is 2.34. The van der Waals surface area contributed by atoms with Crippen molar-refractivity contribution < 1.29 is 0 Å². The summed E-state index contributed by atoms with van der Waals surface area (Å²) in [6, 6.07) is 4.40. The van der Waals surface area contributed by atoms with Gasteiger partial charge in [0.1, 0.15) is 0 Å². The van der Waals surface area contributed by atoms with Crippen LogP contribution in [-0.2, 0) is 6.42 Å². The molecule has 1 aliphatic heterocycles. The van der Waals surface area contributed by atoms with E-state index in [1.807, 2.05) is 18.4 Å². The van der Waals surface area contributed by atoms with Crippen LogP contribution in [0.4, 0.5) is 0 Å². The summed E-state index contributed by atoms with van der Waals surface area (Å²) in [6.07, 6.45) is 3.64. The van der Waals surface area contributed by atoms with Crippen LogP contribution in [0, 0.1) is 8.80 Å². The highest BCUT2D eigenvalue weighted by Crippen LogP contribution is 2.18. The van der Waals surface area contributed by atoms with Crippen LogP contribution < -0.4 is 5.32 Å². The van der Waals surface area contributed by atoms with Gasteiger partial charge in [0.2, 0.25) is 0 Å². The molecule has 20 heavy (non-hydrogen) atoms. The van der Waals surface area contributed by atoms with Crippen molar-refractivity contribution in [2.75, 3.05) is 26.7 Å². The molecule has 0 atom stereocenters. The second kappa shape index (κ2) is 9.45. The average molecular weight is 519 g/mol. The summed E-state index contributed by atoms with van der Waals surface area (Å²) < 4.78 is 1.36. The van der Waals surface area contributed by atoms with Crippen molar-refractivity contribution >= 4 is 63.9 Å². The highest BCUT2D eigenvalue weighted by atomic mass is 127. The highest BCUT2D eigenvalue weighted by Gasteiger charge is 2.18. The van der Waals surface area contributed by atoms with E-state index in [4.69, 9.17) is 0 Å². The lowest BCUT2D eigenvalue weighted by Crippen LogP contribution is -2.45. The third-order valence-corrected chi connectivity index (χ3v) is 5.53. The molecule has 6 heteroatoms. The van der Waals surface area contributed by atoms with Crippen LogP contribution in [0.3, 0.4) is 0 Å². The number of rotatable bonds is 3. The zero-order valence-corrected chi connectivity index (χ0v) is 17.4. The number of likely N-dealkylation sites (tertiary alicyclic amines) is 1. The Hall–Kier alpha value is 0.430. The van der Waals surface area contributed by atoms with E-state index in [0.29, 0.717) is 0 Å². The Morgan fingerprint density at radius 1 is 1.45 bits per heavy atom. The molecule has 0 bridgehead atoms. The van der Waals surface area contributed by atoms with E-state index < -0.39 is 0 Å². The largest absolute Gasteiger partial charge is 0.356 e. The fourth-order valence-corrected chi connectivity index (χ4v) is 4.09. The van der Waals surface area contributed by atoms with Gasteiger partial charge in [0, 0.05) is 31.6 Å². The van der Waals surface area contributed by atoms with Gasteiger partial charge in [-0.1, -0.05) is 6.92 Å². The van der Waals surface area contributed by atoms with Gasteiger partial charge in [0.05, 0.1) is 2.88 Å². The molecule has 0 radical (unpaired) electrons. The van der Waals surface area contributed by atoms with Crippen LogP contribution >= 0.6 is 57.9 Å². The molecule has 3 nitrogen and oxygen atoms in total. The molecular weight excluding hydrogens is 496 g/mol. The molecule has 0 aromatic carbocycles. The van der Waals surface area contributed by atoms with Gasteiger partial charge in [-0.05, 0) is 59.9 Å². The first kappa shape index (κ1) is 18.5. The number of piperidine rings is 1. The molecule has 0 amide bonds. The van der Waals surface area contributed by atoms with Crippen molar-refractivity contribution in [3.63, 3.8) is 0 Å². The Morgan fingerprint density at radius 2 is 2.15 bits per heavy atom. The number of aliphatic imine (C=N–C) groups is 1. The van der Waals surface area contributed by atoms with E-state index in [0.717, 1.165) is 37.9 Å². The third-order valence-electron chi connectivity index (χ3n) is 3.58. The standard InChI is InChI=1S/C14H22IN3S.HI/c1-11-6-9-18(10-7-11)14(16-2)17-8-5-12-3-4-13(15)19-12;/h3-4,11H,5-10H2,1-2H3,(H,16,17);1H. The molecular formula is C14H23I2N3S. The topological polar surface area (TPSA) is 27.6 Å². The number of guanidine groups is 1. The Balaban J connectivity index is 0.00000200. The predicted molar refractivity (Wildman–Crippen MR) is 107 cm³/mol. The number of nitrogens with one attached hydrogen (secondary N) is 1. The van der Waals surface area contributed by atoms with Crippen LogP contribution in [0.25, 0.3) is 0 Å². The van der Waals surface area contributed by atoms with Crippen LogP contribution in [0.1, 0.15) is 24.6 Å². The summed E-state index contributed by atoms with van der Waals surface area (Å²) in [5, 5.41) is 3.49. The van der Waals surface area contributed by atoms with E-state index in [1.54, 1.807) is 0 Å². The molecule has 1 saturated heterocycles. The molecule has 2 heterocycles. The Labute approximate surface area is 156 Å². The fraction of sp³-hybridized carbons (Fsp3) is 0.643. The lowest BCUT2D eigenvalue weighted by atomic mass is 10.00. The van der Waals surface area contributed by atoms with Crippen LogP contribution in [0.5, 0.6) is 0 Å². The minimum absolute atomic E-state index is 0. The normalized spacial score (nSPS) is 16.9. The van der Waals surface area contributed by atoms with Gasteiger partial charge < -0.3 is 10.2 Å². The van der Waals surface area contributed by atoms with E-state index in [9.17, 15) is 0 Å². The lowest BCUT2D eigenvalue weighted by molar-refractivity contribution is 0.273. The summed E-state index contributed by atoms with van der Waals surface area (Å²) in [6.45, 7) is 5.58. The van der Waals surface area contributed by atoms with E-state index >= 15 is 0 Å². The Bertz CT molecular complexity index is 426. The van der Waals surface area contributed by atoms with Gasteiger partial charge in [0.25, 0.3) is 0 Å². The number of thiophene rings is 1. The molecule has 0 unspecified atom stereocenters. The average Bonchev–Trinajstić information content (AvgIpc) is 2.82. The molecule has 1 aliphatic rings. The minimum Gasteiger partial charge on any atom is -0.356 e. The highest BCUT2D eigenvalue weighted by molar-refractivity contribution is 14.1. The first-order chi connectivity index (χ1) is 9.19.